The summed E-state index contributed by atoms with van der Waals surface area (Å²) in [5.41, 5.74) is 0.909. The van der Waals surface area contributed by atoms with Crippen molar-refractivity contribution in [3.05, 3.63) is 34.9 Å². The Bertz CT molecular complexity index is 1560. The smallest absolute Gasteiger partial charge is 0.333 e. The van der Waals surface area contributed by atoms with E-state index in [4.69, 9.17) is 18.4 Å². The summed E-state index contributed by atoms with van der Waals surface area (Å²) in [7, 11) is -3.71. The molecule has 2 heterocycles. The quantitative estimate of drug-likeness (QED) is 0.116. The molecule has 0 aromatic heterocycles. The molecular formula is C29H42O18S2. The lowest BCUT2D eigenvalue weighted by molar-refractivity contribution is -0.150. The van der Waals surface area contributed by atoms with Crippen molar-refractivity contribution in [3.8, 4) is 0 Å². The van der Waals surface area contributed by atoms with Crippen molar-refractivity contribution < 1.29 is 83.3 Å². The van der Waals surface area contributed by atoms with E-state index in [1.807, 2.05) is 0 Å². The van der Waals surface area contributed by atoms with E-state index in [2.05, 4.69) is 18.4 Å². The Morgan fingerprint density at radius 3 is 1.63 bits per heavy atom. The molecule has 5 rings (SSSR count). The zero-order chi connectivity index (χ0) is 37.1. The maximum Gasteiger partial charge on any atom is 0.333 e. The Kier molecular flexibility index (Phi) is 13.3. The largest absolute Gasteiger partial charge is 0.466 e. The number of methoxy groups -OCH3 is 3. The van der Waals surface area contributed by atoms with Crippen LogP contribution in [0.4, 0.5) is 0 Å². The van der Waals surface area contributed by atoms with E-state index in [1.165, 1.54) is 20.3 Å². The first-order chi connectivity index (χ1) is 22.6. The van der Waals surface area contributed by atoms with Crippen LogP contribution < -0.4 is 0 Å². The Labute approximate surface area is 283 Å². The number of esters is 3. The lowest BCUT2D eigenvalue weighted by atomic mass is 9.92. The molecule has 2 fully saturated rings. The molecule has 18 nitrogen and oxygen atoms in total. The van der Waals surface area contributed by atoms with Crippen LogP contribution in [0.15, 0.2) is 34.9 Å². The number of rotatable bonds is 7. The monoisotopic (exact) mass is 742 g/mol. The van der Waals surface area contributed by atoms with Gasteiger partial charge in [0.25, 0.3) is 20.2 Å². The summed E-state index contributed by atoms with van der Waals surface area (Å²) in [6, 6.07) is 0. The molecular weight excluding hydrogens is 700 g/mol. The second-order valence-corrected chi connectivity index (χ2v) is 15.2. The Balaban J connectivity index is 0.000000205. The van der Waals surface area contributed by atoms with Crippen LogP contribution >= 0.6 is 0 Å². The van der Waals surface area contributed by atoms with Crippen LogP contribution in [0.1, 0.15) is 33.1 Å². The molecule has 2 aliphatic heterocycles. The molecule has 0 aromatic rings. The number of hydrogen-bond acceptors (Lipinski definition) is 18. The average Bonchev–Trinajstić information content (AvgIpc) is 3.72. The molecule has 2 saturated heterocycles. The normalized spacial score (nSPS) is 32.9. The highest BCUT2D eigenvalue weighted by atomic mass is 32.2. The SMILES string of the molecule is COC(=O)C1=C[C@@H](O)[C@@H](O)[C@H](OS(C)(=O)=O)C1.COC(=O)C1=C[C@@H](O)[C@H]2O[C@H]2C1.COC(=O)C1=C[C@H]2OC(C)(C)O[C@H]2[C@H](OS(C)(=O)=O)C1. The predicted octanol–water partition coefficient (Wildman–Crippen LogP) is -1.47. The predicted molar refractivity (Wildman–Crippen MR) is 164 cm³/mol. The van der Waals surface area contributed by atoms with E-state index < -0.39 is 80.7 Å². The van der Waals surface area contributed by atoms with Gasteiger partial charge in [0, 0.05) is 36.0 Å². The highest BCUT2D eigenvalue weighted by molar-refractivity contribution is 7.86. The van der Waals surface area contributed by atoms with Gasteiger partial charge in [-0.25, -0.2) is 14.4 Å². The van der Waals surface area contributed by atoms with E-state index >= 15 is 0 Å². The lowest BCUT2D eigenvalue weighted by Crippen LogP contribution is -2.43. The fourth-order valence-corrected chi connectivity index (χ4v) is 6.70. The molecule has 49 heavy (non-hydrogen) atoms. The lowest BCUT2D eigenvalue weighted by Gasteiger charge is -2.29. The zero-order valence-corrected chi connectivity index (χ0v) is 29.5. The van der Waals surface area contributed by atoms with E-state index in [-0.39, 0.29) is 36.6 Å². The van der Waals surface area contributed by atoms with Crippen molar-refractivity contribution in [3.63, 3.8) is 0 Å². The van der Waals surface area contributed by atoms with Crippen LogP contribution in [0.2, 0.25) is 0 Å². The summed E-state index contributed by atoms with van der Waals surface area (Å²) < 4.78 is 84.3. The number of aliphatic hydroxyl groups excluding tert-OH is 3. The van der Waals surface area contributed by atoms with Gasteiger partial charge in [0.2, 0.25) is 0 Å². The second kappa shape index (κ2) is 16.0. The first-order valence-electron chi connectivity index (χ1n) is 14.8. The molecule has 0 spiro atoms. The molecule has 0 saturated carbocycles. The van der Waals surface area contributed by atoms with Gasteiger partial charge in [-0.05, 0) is 32.1 Å². The van der Waals surface area contributed by atoms with Gasteiger partial charge >= 0.3 is 17.9 Å². The summed E-state index contributed by atoms with van der Waals surface area (Å²) in [5, 5.41) is 28.3. The minimum absolute atomic E-state index is 0.0269. The Morgan fingerprint density at radius 2 is 1.14 bits per heavy atom. The summed E-state index contributed by atoms with van der Waals surface area (Å²) in [6.45, 7) is 3.43. The van der Waals surface area contributed by atoms with E-state index in [9.17, 15) is 46.5 Å². The van der Waals surface area contributed by atoms with Gasteiger partial charge in [0.15, 0.2) is 5.79 Å². The van der Waals surface area contributed by atoms with Crippen LogP contribution in [0.25, 0.3) is 0 Å². The van der Waals surface area contributed by atoms with Crippen LogP contribution in [0.5, 0.6) is 0 Å². The maximum absolute atomic E-state index is 11.6. The van der Waals surface area contributed by atoms with Gasteiger partial charge in [0.05, 0.1) is 39.9 Å². The molecule has 3 N–H and O–H groups in total. The fraction of sp³-hybridized carbons (Fsp3) is 0.690. The molecule has 5 aliphatic rings. The van der Waals surface area contributed by atoms with E-state index in [0.717, 1.165) is 25.7 Å². The summed E-state index contributed by atoms with van der Waals surface area (Å²) in [4.78, 5) is 33.9. The minimum Gasteiger partial charge on any atom is -0.466 e. The molecule has 0 bridgehead atoms. The minimum atomic E-state index is -3.79. The Morgan fingerprint density at radius 1 is 0.694 bits per heavy atom. The Hall–Kier alpha value is -2.79. The van der Waals surface area contributed by atoms with Gasteiger partial charge in [-0.3, -0.25) is 8.37 Å². The van der Waals surface area contributed by atoms with Crippen molar-refractivity contribution >= 4 is 38.1 Å². The third-order valence-corrected chi connectivity index (χ3v) is 8.72. The van der Waals surface area contributed by atoms with Crippen molar-refractivity contribution in [2.24, 2.45) is 0 Å². The number of carbonyl (C=O) groups excluding carboxylic acids is 3. The molecule has 3 aliphatic carbocycles. The zero-order valence-electron chi connectivity index (χ0n) is 27.8. The number of aliphatic hydroxyl groups is 3. The van der Waals surface area contributed by atoms with Crippen molar-refractivity contribution in [2.75, 3.05) is 33.8 Å². The molecule has 278 valence electrons. The maximum atomic E-state index is 11.6. The number of carbonyl (C=O) groups is 3. The fourth-order valence-electron chi connectivity index (χ4n) is 5.45. The molecule has 9 atom stereocenters. The third-order valence-electron chi connectivity index (χ3n) is 7.53. The molecule has 0 radical (unpaired) electrons. The molecule has 0 aromatic carbocycles. The standard InChI is InChI=1S/C12H18O7S.C9H14O7S.C8H10O4/c1-12(2)17-8-5-7(11(13)16-3)6-9(10(8)18-12)19-20(4,14)15;1-15-9(12)5-3-6(10)8(11)7(4-5)16-17(2,13)14;1-11-8(10)4-2-5(9)7-6(3-4)12-7/h5,8-10H,6H2,1-4H3;3,6-8,10-11H,4H2,1-2H3;2,5-7,9H,3H2,1H3/t8-,9-,10-;6-,7-,8-;5-,6+,7-/m111/s1. The first kappa shape index (κ1) is 40.6. The first-order valence-corrected chi connectivity index (χ1v) is 18.4. The van der Waals surface area contributed by atoms with Crippen molar-refractivity contribution in [2.45, 2.75) is 93.8 Å². The average molecular weight is 743 g/mol. The van der Waals surface area contributed by atoms with Gasteiger partial charge in [-0.2, -0.15) is 16.8 Å². The van der Waals surface area contributed by atoms with Crippen molar-refractivity contribution in [1.29, 1.82) is 0 Å². The third kappa shape index (κ3) is 11.6. The summed E-state index contributed by atoms with van der Waals surface area (Å²) in [6.07, 6.45) is -0.0547. The van der Waals surface area contributed by atoms with Crippen molar-refractivity contribution in [1.82, 2.24) is 0 Å². The van der Waals surface area contributed by atoms with Crippen LogP contribution in [0.3, 0.4) is 0 Å². The summed E-state index contributed by atoms with van der Waals surface area (Å²) in [5.74, 6) is -2.46. The number of ether oxygens (including phenoxy) is 6. The van der Waals surface area contributed by atoms with E-state index in [1.54, 1.807) is 19.9 Å². The van der Waals surface area contributed by atoms with Crippen LogP contribution in [-0.2, 0) is 71.4 Å². The van der Waals surface area contributed by atoms with Gasteiger partial charge in [-0.1, -0.05) is 0 Å². The van der Waals surface area contributed by atoms with Crippen LogP contribution in [0, 0.1) is 0 Å². The molecule has 0 amide bonds. The molecule has 0 unspecified atom stereocenters. The van der Waals surface area contributed by atoms with E-state index in [0.29, 0.717) is 17.6 Å². The second-order valence-electron chi connectivity index (χ2n) is 12.0. The van der Waals surface area contributed by atoms with Gasteiger partial charge in [0.1, 0.15) is 48.8 Å². The summed E-state index contributed by atoms with van der Waals surface area (Å²) >= 11 is 0. The number of fused-ring (bicyclic) bond motifs is 2. The number of hydrogen-bond donors (Lipinski definition) is 3. The van der Waals surface area contributed by atoms with Crippen LogP contribution in [-0.4, -0.2) is 145 Å². The van der Waals surface area contributed by atoms with Gasteiger partial charge < -0.3 is 43.7 Å². The van der Waals surface area contributed by atoms with Gasteiger partial charge in [-0.15, -0.1) is 0 Å². The molecule has 20 heteroatoms. The highest BCUT2D eigenvalue weighted by Gasteiger charge is 2.49. The highest BCUT2D eigenvalue weighted by Crippen LogP contribution is 2.38. The number of epoxide rings is 1. The topological polar surface area (TPSA) is 257 Å².